The molecule has 7 rings (SSSR count). The first-order valence-corrected chi connectivity index (χ1v) is 18.8. The zero-order valence-electron chi connectivity index (χ0n) is 29.7. The van der Waals surface area contributed by atoms with Gasteiger partial charge in [0, 0.05) is 65.0 Å². The second-order valence-corrected chi connectivity index (χ2v) is 14.2. The molecule has 0 saturated carbocycles. The SMILES string of the molecule is C=CC/C=C\N=CC/C=C/c1ccc(N(C2=CC=C(/C(C)=C/C=C3\Cc4ccccc4S3)CC2)c2ccc(-c3ccc4ccncc4c3)cc2)cc1. The molecule has 0 fully saturated rings. The van der Waals surface area contributed by atoms with E-state index < -0.39 is 0 Å². The van der Waals surface area contributed by atoms with Gasteiger partial charge in [-0.25, -0.2) is 0 Å². The Morgan fingerprint density at radius 1 is 0.846 bits per heavy atom. The number of pyridine rings is 1. The molecule has 3 nitrogen and oxygen atoms in total. The van der Waals surface area contributed by atoms with E-state index in [-0.39, 0.29) is 0 Å². The average Bonchev–Trinajstić information content (AvgIpc) is 3.62. The van der Waals surface area contributed by atoms with E-state index in [0.29, 0.717) is 0 Å². The molecule has 256 valence electrons. The van der Waals surface area contributed by atoms with Crippen molar-refractivity contribution in [2.75, 3.05) is 4.90 Å². The van der Waals surface area contributed by atoms with E-state index in [4.69, 9.17) is 0 Å². The Bertz CT molecular complexity index is 2240. The summed E-state index contributed by atoms with van der Waals surface area (Å²) in [6.07, 6.45) is 29.5. The van der Waals surface area contributed by atoms with Gasteiger partial charge in [-0.3, -0.25) is 9.98 Å². The van der Waals surface area contributed by atoms with Crippen molar-refractivity contribution in [3.63, 3.8) is 0 Å². The molecule has 0 saturated heterocycles. The normalized spacial score (nSPS) is 15.5. The number of fused-ring (bicyclic) bond motifs is 2. The van der Waals surface area contributed by atoms with Gasteiger partial charge in [0.25, 0.3) is 0 Å². The van der Waals surface area contributed by atoms with Crippen LogP contribution in [0.2, 0.25) is 0 Å². The van der Waals surface area contributed by atoms with Gasteiger partial charge in [0.05, 0.1) is 0 Å². The van der Waals surface area contributed by atoms with Crippen molar-refractivity contribution in [1.82, 2.24) is 4.98 Å². The van der Waals surface area contributed by atoms with Crippen LogP contribution in [0.3, 0.4) is 0 Å². The van der Waals surface area contributed by atoms with Crippen LogP contribution in [-0.2, 0) is 6.42 Å². The summed E-state index contributed by atoms with van der Waals surface area (Å²) in [5, 5.41) is 2.35. The third-order valence-electron chi connectivity index (χ3n) is 9.42. The fraction of sp³-hybridized carbons (Fsp3) is 0.125. The third-order valence-corrected chi connectivity index (χ3v) is 10.6. The average molecular weight is 694 g/mol. The number of aliphatic imine (C=N–C) groups is 1. The Kier molecular flexibility index (Phi) is 11.4. The van der Waals surface area contributed by atoms with E-state index in [9.17, 15) is 0 Å². The van der Waals surface area contributed by atoms with Crippen molar-refractivity contribution in [1.29, 1.82) is 0 Å². The second-order valence-electron chi connectivity index (χ2n) is 13.0. The highest BCUT2D eigenvalue weighted by Crippen LogP contribution is 2.40. The lowest BCUT2D eigenvalue weighted by molar-refractivity contribution is 0.880. The molecule has 0 radical (unpaired) electrons. The second kappa shape index (κ2) is 17.0. The fourth-order valence-electron chi connectivity index (χ4n) is 6.56. The van der Waals surface area contributed by atoms with Crippen LogP contribution in [0.15, 0.2) is 196 Å². The number of thioether (sulfide) groups is 1. The molecule has 0 amide bonds. The summed E-state index contributed by atoms with van der Waals surface area (Å²) in [5.41, 5.74) is 11.3. The molecule has 1 aromatic heterocycles. The molecular formula is C48H43N3S. The first kappa shape index (κ1) is 34.7. The van der Waals surface area contributed by atoms with Gasteiger partial charge in [0.15, 0.2) is 0 Å². The summed E-state index contributed by atoms with van der Waals surface area (Å²) in [6.45, 7) is 5.97. The van der Waals surface area contributed by atoms with Crippen molar-refractivity contribution in [3.05, 3.63) is 198 Å². The molecule has 2 aliphatic rings. The molecular weight excluding hydrogens is 651 g/mol. The van der Waals surface area contributed by atoms with E-state index >= 15 is 0 Å². The van der Waals surface area contributed by atoms with Gasteiger partial charge >= 0.3 is 0 Å². The number of rotatable bonds is 12. The number of nitrogens with zero attached hydrogens (tertiary/aromatic N) is 3. The predicted molar refractivity (Wildman–Crippen MR) is 225 cm³/mol. The Labute approximate surface area is 312 Å². The molecule has 5 aromatic rings. The first-order valence-electron chi connectivity index (χ1n) is 18.0. The molecule has 2 heterocycles. The molecule has 4 heteroatoms. The maximum absolute atomic E-state index is 4.33. The number of allylic oxidation sites excluding steroid dienone is 11. The van der Waals surface area contributed by atoms with Crippen LogP contribution in [0.4, 0.5) is 11.4 Å². The highest BCUT2D eigenvalue weighted by atomic mass is 32.2. The van der Waals surface area contributed by atoms with Crippen molar-refractivity contribution in [3.8, 4) is 11.1 Å². The van der Waals surface area contributed by atoms with Gasteiger partial charge in [-0.05, 0) is 118 Å². The third kappa shape index (κ3) is 8.59. The quantitative estimate of drug-likeness (QED) is 0.0962. The molecule has 4 aromatic carbocycles. The zero-order valence-corrected chi connectivity index (χ0v) is 30.5. The minimum atomic E-state index is 0.783. The summed E-state index contributed by atoms with van der Waals surface area (Å²) in [4.78, 5) is 13.8. The van der Waals surface area contributed by atoms with Crippen molar-refractivity contribution in [2.45, 2.75) is 43.9 Å². The lowest BCUT2D eigenvalue weighted by Crippen LogP contribution is -2.18. The minimum absolute atomic E-state index is 0.783. The van der Waals surface area contributed by atoms with Gasteiger partial charge in [0.2, 0.25) is 0 Å². The summed E-state index contributed by atoms with van der Waals surface area (Å²) >= 11 is 1.90. The number of aromatic nitrogens is 1. The number of hydrogen-bond acceptors (Lipinski definition) is 4. The monoisotopic (exact) mass is 693 g/mol. The summed E-state index contributed by atoms with van der Waals surface area (Å²) in [6, 6.07) is 35.2. The predicted octanol–water partition coefficient (Wildman–Crippen LogP) is 13.4. The fourth-order valence-corrected chi connectivity index (χ4v) is 7.63. The maximum atomic E-state index is 4.33. The lowest BCUT2D eigenvalue weighted by atomic mass is 9.95. The Balaban J connectivity index is 1.13. The largest absolute Gasteiger partial charge is 0.314 e. The van der Waals surface area contributed by atoms with Gasteiger partial charge in [-0.2, -0.15) is 0 Å². The Morgan fingerprint density at radius 3 is 2.44 bits per heavy atom. The van der Waals surface area contributed by atoms with Crippen LogP contribution in [-0.4, -0.2) is 11.2 Å². The van der Waals surface area contributed by atoms with Crippen LogP contribution in [0.5, 0.6) is 0 Å². The summed E-state index contributed by atoms with van der Waals surface area (Å²) < 4.78 is 0. The van der Waals surface area contributed by atoms with Crippen LogP contribution in [0.1, 0.15) is 43.7 Å². The number of hydrogen-bond donors (Lipinski definition) is 0. The molecule has 1 aliphatic heterocycles. The van der Waals surface area contributed by atoms with Crippen LogP contribution in [0.25, 0.3) is 28.0 Å². The molecule has 52 heavy (non-hydrogen) atoms. The Hall–Kier alpha value is -5.71. The highest BCUT2D eigenvalue weighted by molar-refractivity contribution is 8.03. The van der Waals surface area contributed by atoms with Crippen LogP contribution >= 0.6 is 11.8 Å². The van der Waals surface area contributed by atoms with Crippen molar-refractivity contribution >= 4 is 46.2 Å². The van der Waals surface area contributed by atoms with E-state index in [2.05, 4.69) is 162 Å². The minimum Gasteiger partial charge on any atom is -0.314 e. The van der Waals surface area contributed by atoms with Gasteiger partial charge in [0.1, 0.15) is 0 Å². The first-order chi connectivity index (χ1) is 25.6. The molecule has 0 unspecified atom stereocenters. The maximum Gasteiger partial charge on any atom is 0.0458 e. The van der Waals surface area contributed by atoms with Crippen LogP contribution < -0.4 is 4.90 Å². The number of benzene rings is 4. The van der Waals surface area contributed by atoms with E-state index in [1.165, 1.54) is 54.3 Å². The summed E-state index contributed by atoms with van der Waals surface area (Å²) in [7, 11) is 0. The number of anilines is 2. The van der Waals surface area contributed by atoms with Gasteiger partial charge in [-0.1, -0.05) is 109 Å². The molecule has 0 N–H and O–H groups in total. The topological polar surface area (TPSA) is 28.5 Å². The Morgan fingerprint density at radius 2 is 1.65 bits per heavy atom. The summed E-state index contributed by atoms with van der Waals surface area (Å²) in [5.74, 6) is 0. The molecule has 1 aliphatic carbocycles. The van der Waals surface area contributed by atoms with Crippen LogP contribution in [0, 0.1) is 0 Å². The van der Waals surface area contributed by atoms with E-state index in [1.54, 1.807) is 0 Å². The molecule has 0 spiro atoms. The van der Waals surface area contributed by atoms with E-state index in [1.807, 2.05) is 48.7 Å². The molecule has 0 atom stereocenters. The zero-order chi connectivity index (χ0) is 35.5. The smallest absolute Gasteiger partial charge is 0.0458 e. The van der Waals surface area contributed by atoms with Gasteiger partial charge in [-0.15, -0.1) is 6.58 Å². The van der Waals surface area contributed by atoms with Gasteiger partial charge < -0.3 is 4.90 Å². The lowest BCUT2D eigenvalue weighted by Gasteiger charge is -2.30. The van der Waals surface area contributed by atoms with E-state index in [0.717, 1.165) is 48.9 Å². The highest BCUT2D eigenvalue weighted by Gasteiger charge is 2.19. The molecule has 0 bridgehead atoms. The standard InChI is InChI=1S/C48H43N3S/c1-3-4-8-30-49-31-9-7-10-37-14-22-44(23-15-37)51(46-26-20-39(21-27-46)41-17-16-40-29-32-50-35-43(40)33-41)45-24-18-38(19-25-45)36(2)13-28-47-34-42-11-5-6-12-48(42)52-47/h3,5-8,10-18,20-24,26-33,35H,1,4,9,19,25,34H2,2H3/b10-7+,30-8-,36-13+,47-28+,49-31?. The van der Waals surface area contributed by atoms with Crippen molar-refractivity contribution < 1.29 is 0 Å². The van der Waals surface area contributed by atoms with Crippen molar-refractivity contribution in [2.24, 2.45) is 4.99 Å².